The minimum absolute atomic E-state index is 0.262. The fourth-order valence-corrected chi connectivity index (χ4v) is 2.49. The summed E-state index contributed by atoms with van der Waals surface area (Å²) in [4.78, 5) is 23.9. The lowest BCUT2D eigenvalue weighted by Crippen LogP contribution is -2.42. The monoisotopic (exact) mass is 409 g/mol. The van der Waals surface area contributed by atoms with E-state index < -0.39 is 12.0 Å². The molecule has 0 saturated heterocycles. The van der Waals surface area contributed by atoms with Gasteiger partial charge in [-0.3, -0.25) is 4.79 Å². The van der Waals surface area contributed by atoms with Crippen molar-refractivity contribution < 1.29 is 14.3 Å². The Balaban J connectivity index is 2.90. The first-order chi connectivity index (χ1) is 9.35. The Morgan fingerprint density at radius 1 is 1.40 bits per heavy atom. The normalized spacial score (nSPS) is 12.1. The summed E-state index contributed by atoms with van der Waals surface area (Å²) in [6.07, 6.45) is 0.523. The summed E-state index contributed by atoms with van der Waals surface area (Å²) in [5.74, 6) is -0.505. The lowest BCUT2D eigenvalue weighted by Gasteiger charge is -2.18. The van der Waals surface area contributed by atoms with E-state index >= 15 is 0 Å². The molecule has 1 unspecified atom stereocenters. The van der Waals surface area contributed by atoms with Crippen LogP contribution in [0.4, 0.5) is 0 Å². The van der Waals surface area contributed by atoms with E-state index in [-0.39, 0.29) is 11.8 Å². The average Bonchev–Trinajstić information content (AvgIpc) is 2.39. The molecule has 0 aliphatic heterocycles. The van der Waals surface area contributed by atoms with Crippen LogP contribution < -0.4 is 5.32 Å². The predicted molar refractivity (Wildman–Crippen MR) is 86.9 cm³/mol. The maximum absolute atomic E-state index is 12.2. The zero-order valence-corrected chi connectivity index (χ0v) is 14.5. The van der Waals surface area contributed by atoms with Crippen molar-refractivity contribution in [2.24, 2.45) is 5.92 Å². The molecule has 1 amide bonds. The van der Waals surface area contributed by atoms with E-state index in [9.17, 15) is 9.59 Å². The molecule has 1 rings (SSSR count). The van der Waals surface area contributed by atoms with Gasteiger partial charge in [0, 0.05) is 8.59 Å². The van der Waals surface area contributed by atoms with Gasteiger partial charge in [0.05, 0.1) is 12.7 Å². The van der Waals surface area contributed by atoms with E-state index in [1.165, 1.54) is 7.11 Å². The van der Waals surface area contributed by atoms with Gasteiger partial charge in [-0.25, -0.2) is 4.79 Å². The second-order valence-corrected chi connectivity index (χ2v) is 6.40. The molecule has 0 aromatic heterocycles. The van der Waals surface area contributed by atoms with Gasteiger partial charge < -0.3 is 10.1 Å². The Kier molecular flexibility index (Phi) is 6.75. The average molecular weight is 410 g/mol. The van der Waals surface area contributed by atoms with Crippen molar-refractivity contribution in [3.05, 3.63) is 32.4 Å². The van der Waals surface area contributed by atoms with Crippen molar-refractivity contribution in [2.45, 2.75) is 26.3 Å². The highest BCUT2D eigenvalue weighted by Gasteiger charge is 2.24. The summed E-state index contributed by atoms with van der Waals surface area (Å²) in [6.45, 7) is 3.95. The summed E-state index contributed by atoms with van der Waals surface area (Å²) < 4.78 is 5.50. The Morgan fingerprint density at radius 2 is 2.05 bits per heavy atom. The van der Waals surface area contributed by atoms with Gasteiger partial charge in [0.15, 0.2) is 0 Å². The van der Waals surface area contributed by atoms with Gasteiger partial charge in [-0.2, -0.15) is 0 Å². The lowest BCUT2D eigenvalue weighted by molar-refractivity contribution is -0.143. The zero-order valence-electron chi connectivity index (χ0n) is 11.6. The quantitative estimate of drug-likeness (QED) is 0.600. The molecule has 0 aliphatic carbocycles. The van der Waals surface area contributed by atoms with E-state index in [4.69, 9.17) is 16.3 Å². The van der Waals surface area contributed by atoms with E-state index in [0.717, 1.165) is 3.57 Å². The summed E-state index contributed by atoms with van der Waals surface area (Å²) in [7, 11) is 1.31. The summed E-state index contributed by atoms with van der Waals surface area (Å²) >= 11 is 7.95. The maximum Gasteiger partial charge on any atom is 0.328 e. The van der Waals surface area contributed by atoms with Crippen LogP contribution in [0.15, 0.2) is 18.2 Å². The molecule has 1 N–H and O–H groups in total. The molecule has 1 aromatic carbocycles. The highest BCUT2D eigenvalue weighted by molar-refractivity contribution is 14.1. The number of ether oxygens (including phenoxy) is 1. The molecule has 1 atom stereocenters. The second kappa shape index (κ2) is 7.83. The highest BCUT2D eigenvalue weighted by Crippen LogP contribution is 2.18. The number of hydrogen-bond donors (Lipinski definition) is 1. The number of carbonyl (C=O) groups excluding carboxylic acids is 2. The van der Waals surface area contributed by atoms with Crippen LogP contribution in [0.25, 0.3) is 0 Å². The van der Waals surface area contributed by atoms with Crippen molar-refractivity contribution in [3.63, 3.8) is 0 Å². The van der Waals surface area contributed by atoms with E-state index in [1.807, 2.05) is 13.8 Å². The first-order valence-electron chi connectivity index (χ1n) is 6.19. The first kappa shape index (κ1) is 17.2. The third-order valence-corrected chi connectivity index (χ3v) is 3.85. The molecule has 0 radical (unpaired) electrons. The molecule has 4 nitrogen and oxygen atoms in total. The van der Waals surface area contributed by atoms with E-state index in [1.54, 1.807) is 18.2 Å². The molecule has 0 heterocycles. The van der Waals surface area contributed by atoms with Crippen LogP contribution in [-0.2, 0) is 9.53 Å². The van der Waals surface area contributed by atoms with Gasteiger partial charge in [0.1, 0.15) is 6.04 Å². The molecule has 1 aromatic rings. The molecule has 20 heavy (non-hydrogen) atoms. The number of carbonyl (C=O) groups is 2. The predicted octanol–water partition coefficient (Wildman–Crippen LogP) is 3.26. The summed E-state index contributed by atoms with van der Waals surface area (Å²) in [5.41, 5.74) is 0.454. The highest BCUT2D eigenvalue weighted by atomic mass is 127. The SMILES string of the molecule is COC(=O)C(CC(C)C)NC(=O)c1cc(Cl)ccc1I. The van der Waals surface area contributed by atoms with Gasteiger partial charge in [-0.1, -0.05) is 25.4 Å². The molecule has 0 fully saturated rings. The van der Waals surface area contributed by atoms with Crippen LogP contribution in [0.1, 0.15) is 30.6 Å². The third-order valence-electron chi connectivity index (χ3n) is 2.67. The minimum atomic E-state index is -0.651. The van der Waals surface area contributed by atoms with Crippen molar-refractivity contribution in [2.75, 3.05) is 7.11 Å². The van der Waals surface area contributed by atoms with Gasteiger partial charge in [0.2, 0.25) is 0 Å². The number of halogens is 2. The number of rotatable bonds is 5. The number of methoxy groups -OCH3 is 1. The fourth-order valence-electron chi connectivity index (χ4n) is 1.74. The van der Waals surface area contributed by atoms with Gasteiger partial charge in [-0.05, 0) is 53.1 Å². The molecular formula is C14H17ClINO3. The van der Waals surface area contributed by atoms with E-state index in [2.05, 4.69) is 27.9 Å². The molecule has 0 spiro atoms. The van der Waals surface area contributed by atoms with Crippen molar-refractivity contribution in [1.29, 1.82) is 0 Å². The van der Waals surface area contributed by atoms with Crippen LogP contribution in [0.2, 0.25) is 5.02 Å². The first-order valence-corrected chi connectivity index (χ1v) is 7.64. The van der Waals surface area contributed by atoms with Crippen LogP contribution in [0.5, 0.6) is 0 Å². The Hall–Kier alpha value is -0.820. The summed E-state index contributed by atoms with van der Waals surface area (Å²) in [5, 5.41) is 3.19. The van der Waals surface area contributed by atoms with Crippen molar-refractivity contribution in [1.82, 2.24) is 5.32 Å². The maximum atomic E-state index is 12.2. The third kappa shape index (κ3) is 4.94. The molecule has 0 aliphatic rings. The molecule has 0 saturated carbocycles. The smallest absolute Gasteiger partial charge is 0.328 e. The number of benzene rings is 1. The minimum Gasteiger partial charge on any atom is -0.467 e. The van der Waals surface area contributed by atoms with Gasteiger partial charge in [0.25, 0.3) is 5.91 Å². The molecule has 0 bridgehead atoms. The lowest BCUT2D eigenvalue weighted by atomic mass is 10.0. The van der Waals surface area contributed by atoms with E-state index in [0.29, 0.717) is 17.0 Å². The van der Waals surface area contributed by atoms with Gasteiger partial charge >= 0.3 is 5.97 Å². The topological polar surface area (TPSA) is 55.4 Å². The fraction of sp³-hybridized carbons (Fsp3) is 0.429. The number of hydrogen-bond acceptors (Lipinski definition) is 3. The van der Waals surface area contributed by atoms with Gasteiger partial charge in [-0.15, -0.1) is 0 Å². The van der Waals surface area contributed by atoms with Crippen LogP contribution in [0.3, 0.4) is 0 Å². The second-order valence-electron chi connectivity index (χ2n) is 4.80. The van der Waals surface area contributed by atoms with Crippen molar-refractivity contribution >= 4 is 46.1 Å². The molecular weight excluding hydrogens is 393 g/mol. The zero-order chi connectivity index (χ0) is 15.3. The number of amides is 1. The van der Waals surface area contributed by atoms with Crippen LogP contribution >= 0.6 is 34.2 Å². The largest absolute Gasteiger partial charge is 0.467 e. The number of nitrogens with one attached hydrogen (secondary N) is 1. The summed E-state index contributed by atoms with van der Waals surface area (Å²) in [6, 6.07) is 4.41. The molecule has 6 heteroatoms. The van der Waals surface area contributed by atoms with Crippen molar-refractivity contribution in [3.8, 4) is 0 Å². The Labute approximate surface area is 137 Å². The van der Waals surface area contributed by atoms with Crippen LogP contribution in [0, 0.1) is 9.49 Å². The number of esters is 1. The Bertz CT molecular complexity index is 505. The molecule has 110 valence electrons. The van der Waals surface area contributed by atoms with Crippen LogP contribution in [-0.4, -0.2) is 25.0 Å². The standard InChI is InChI=1S/C14H17ClINO3/c1-8(2)6-12(14(19)20-3)17-13(18)10-7-9(15)4-5-11(10)16/h4-5,7-8,12H,6H2,1-3H3,(H,17,18). The Morgan fingerprint density at radius 3 is 2.60 bits per heavy atom.